The van der Waals surface area contributed by atoms with E-state index in [1.165, 1.54) is 11.8 Å². The van der Waals surface area contributed by atoms with Gasteiger partial charge >= 0.3 is 0 Å². The first-order valence-corrected chi connectivity index (χ1v) is 11.4. The molecule has 6 nitrogen and oxygen atoms in total. The van der Waals surface area contributed by atoms with E-state index in [-0.39, 0.29) is 34.6 Å². The smallest absolute Gasteiger partial charge is 0.248 e. The monoisotopic (exact) mass is 416 g/mol. The average molecular weight is 417 g/mol. The molecule has 1 aromatic rings. The van der Waals surface area contributed by atoms with Gasteiger partial charge in [0.2, 0.25) is 5.91 Å². The van der Waals surface area contributed by atoms with Gasteiger partial charge < -0.3 is 9.64 Å². The zero-order chi connectivity index (χ0) is 19.1. The summed E-state index contributed by atoms with van der Waals surface area (Å²) in [4.78, 5) is 18.3. The lowest BCUT2D eigenvalue weighted by molar-refractivity contribution is -0.118. The zero-order valence-corrected chi connectivity index (χ0v) is 17.2. The van der Waals surface area contributed by atoms with Gasteiger partial charge in [0, 0.05) is 16.7 Å². The lowest BCUT2D eigenvalue weighted by Crippen LogP contribution is -2.38. The van der Waals surface area contributed by atoms with Crippen LogP contribution in [0.1, 0.15) is 20.3 Å². The predicted molar refractivity (Wildman–Crippen MR) is 106 cm³/mol. The van der Waals surface area contributed by atoms with Crippen molar-refractivity contribution in [2.24, 2.45) is 10.9 Å². The fourth-order valence-corrected chi connectivity index (χ4v) is 7.29. The first kappa shape index (κ1) is 19.5. The predicted octanol–water partition coefficient (Wildman–Crippen LogP) is 3.00. The molecule has 0 aromatic heterocycles. The van der Waals surface area contributed by atoms with Crippen LogP contribution in [-0.2, 0) is 14.6 Å². The van der Waals surface area contributed by atoms with Crippen LogP contribution in [0.15, 0.2) is 23.2 Å². The number of ether oxygens (including phenoxy) is 1. The third kappa shape index (κ3) is 4.02. The number of carbonyl (C=O) groups is 1. The Kier molecular flexibility index (Phi) is 5.55. The van der Waals surface area contributed by atoms with Crippen molar-refractivity contribution >= 4 is 50.0 Å². The van der Waals surface area contributed by atoms with Gasteiger partial charge in [-0.1, -0.05) is 37.2 Å². The molecule has 0 radical (unpaired) electrons. The largest absolute Gasteiger partial charge is 0.495 e. The molecule has 9 heteroatoms. The van der Waals surface area contributed by atoms with Gasteiger partial charge in [0.25, 0.3) is 0 Å². The first-order chi connectivity index (χ1) is 12.2. The highest BCUT2D eigenvalue weighted by atomic mass is 35.5. The van der Waals surface area contributed by atoms with Gasteiger partial charge in [0.05, 0.1) is 30.3 Å². The van der Waals surface area contributed by atoms with Crippen LogP contribution in [0.4, 0.5) is 5.69 Å². The number of thioether (sulfide) groups is 1. The summed E-state index contributed by atoms with van der Waals surface area (Å²) < 4.78 is 29.7. The minimum Gasteiger partial charge on any atom is -0.495 e. The Hall–Kier alpha value is -1.25. The molecule has 0 unspecified atom stereocenters. The first-order valence-electron chi connectivity index (χ1n) is 8.31. The second kappa shape index (κ2) is 7.40. The number of nitrogens with zero attached hydrogens (tertiary/aromatic N) is 2. The van der Waals surface area contributed by atoms with E-state index in [2.05, 4.69) is 4.99 Å². The maximum Gasteiger partial charge on any atom is 0.248 e. The molecular formula is C17H21ClN2O4S2. The summed E-state index contributed by atoms with van der Waals surface area (Å²) in [5.74, 6) is 0.657. The Balaban J connectivity index is 2.05. The number of aliphatic imine (C=N–C) groups is 1. The van der Waals surface area contributed by atoms with Gasteiger partial charge in [-0.2, -0.15) is 4.99 Å². The lowest BCUT2D eigenvalue weighted by atomic mass is 10.1. The molecule has 2 aliphatic rings. The van der Waals surface area contributed by atoms with Crippen LogP contribution in [0.2, 0.25) is 5.02 Å². The Labute approximate surface area is 162 Å². The summed E-state index contributed by atoms with van der Waals surface area (Å²) in [6.07, 6.45) is 0.345. The molecular weight excluding hydrogens is 396 g/mol. The van der Waals surface area contributed by atoms with Crippen molar-refractivity contribution in [2.75, 3.05) is 23.5 Å². The number of halogens is 1. The van der Waals surface area contributed by atoms with E-state index in [0.29, 0.717) is 28.0 Å². The van der Waals surface area contributed by atoms with E-state index < -0.39 is 9.84 Å². The molecule has 1 aromatic carbocycles. The molecule has 0 N–H and O–H groups in total. The molecule has 0 aliphatic carbocycles. The van der Waals surface area contributed by atoms with Crippen molar-refractivity contribution < 1.29 is 17.9 Å². The molecule has 142 valence electrons. The van der Waals surface area contributed by atoms with E-state index >= 15 is 0 Å². The van der Waals surface area contributed by atoms with Gasteiger partial charge in [-0.05, 0) is 24.1 Å². The van der Waals surface area contributed by atoms with Crippen molar-refractivity contribution in [3.05, 3.63) is 23.2 Å². The van der Waals surface area contributed by atoms with Gasteiger partial charge in [-0.3, -0.25) is 4.79 Å². The number of carbonyl (C=O) groups excluding carboxylic acids is 1. The number of rotatable bonds is 4. The van der Waals surface area contributed by atoms with Gasteiger partial charge in [-0.15, -0.1) is 0 Å². The number of hydrogen-bond donors (Lipinski definition) is 0. The van der Waals surface area contributed by atoms with E-state index in [4.69, 9.17) is 16.3 Å². The topological polar surface area (TPSA) is 76.0 Å². The van der Waals surface area contributed by atoms with Crippen LogP contribution < -0.4 is 9.64 Å². The minimum absolute atomic E-state index is 0.0255. The molecule has 26 heavy (non-hydrogen) atoms. The number of fused-ring (bicyclic) bond motifs is 1. The normalized spacial score (nSPS) is 25.7. The van der Waals surface area contributed by atoms with Crippen molar-refractivity contribution in [1.29, 1.82) is 0 Å². The Morgan fingerprint density at radius 3 is 2.81 bits per heavy atom. The van der Waals surface area contributed by atoms with Crippen molar-refractivity contribution in [1.82, 2.24) is 0 Å². The molecule has 2 heterocycles. The fraction of sp³-hybridized carbons (Fsp3) is 0.529. The maximum absolute atomic E-state index is 12.3. The van der Waals surface area contributed by atoms with Crippen LogP contribution in [0.5, 0.6) is 5.75 Å². The Bertz CT molecular complexity index is 854. The number of hydrogen-bond acceptors (Lipinski definition) is 5. The third-order valence-corrected chi connectivity index (χ3v) is 7.72. The maximum atomic E-state index is 12.3. The van der Waals surface area contributed by atoms with Crippen LogP contribution in [0, 0.1) is 5.92 Å². The summed E-state index contributed by atoms with van der Waals surface area (Å²) in [5, 5.41) is 0.860. The van der Waals surface area contributed by atoms with Crippen LogP contribution >= 0.6 is 23.4 Å². The van der Waals surface area contributed by atoms with E-state index in [9.17, 15) is 13.2 Å². The van der Waals surface area contributed by atoms with E-state index in [1.54, 1.807) is 25.3 Å². The van der Waals surface area contributed by atoms with Crippen molar-refractivity contribution in [3.8, 4) is 5.75 Å². The Morgan fingerprint density at radius 2 is 2.15 bits per heavy atom. The highest BCUT2D eigenvalue weighted by Gasteiger charge is 2.50. The van der Waals surface area contributed by atoms with E-state index in [0.717, 1.165) is 0 Å². The van der Waals surface area contributed by atoms with Crippen LogP contribution in [0.25, 0.3) is 0 Å². The summed E-state index contributed by atoms with van der Waals surface area (Å²) in [6, 6.07) is 4.86. The quantitative estimate of drug-likeness (QED) is 0.750. The number of amidine groups is 1. The molecule has 0 spiro atoms. The molecule has 0 saturated carbocycles. The molecule has 2 saturated heterocycles. The molecule has 2 aliphatic heterocycles. The minimum atomic E-state index is -3.12. The van der Waals surface area contributed by atoms with Crippen molar-refractivity contribution in [3.63, 3.8) is 0 Å². The molecule has 2 fully saturated rings. The summed E-state index contributed by atoms with van der Waals surface area (Å²) in [5.41, 5.74) is 0.633. The van der Waals surface area contributed by atoms with Crippen LogP contribution in [0.3, 0.4) is 0 Å². The fourth-order valence-electron chi connectivity index (χ4n) is 3.20. The number of sulfone groups is 1. The summed E-state index contributed by atoms with van der Waals surface area (Å²) in [6.45, 7) is 3.91. The van der Waals surface area contributed by atoms with Crippen LogP contribution in [-0.4, -0.2) is 49.4 Å². The SMILES string of the molecule is COc1ccc(Cl)cc1N1C(=NC(=O)CC(C)C)S[C@@H]2CS(=O)(=O)C[C@H]21. The molecule has 2 atom stereocenters. The number of methoxy groups -OCH3 is 1. The van der Waals surface area contributed by atoms with Gasteiger partial charge in [0.1, 0.15) is 5.75 Å². The number of benzene rings is 1. The summed E-state index contributed by atoms with van der Waals surface area (Å²) in [7, 11) is -1.58. The zero-order valence-electron chi connectivity index (χ0n) is 14.8. The molecule has 3 rings (SSSR count). The third-order valence-electron chi connectivity index (χ3n) is 4.27. The van der Waals surface area contributed by atoms with Crippen molar-refractivity contribution in [2.45, 2.75) is 31.6 Å². The lowest BCUT2D eigenvalue weighted by Gasteiger charge is -2.26. The van der Waals surface area contributed by atoms with E-state index in [1.807, 2.05) is 18.7 Å². The second-order valence-electron chi connectivity index (χ2n) is 6.87. The van der Waals surface area contributed by atoms with Gasteiger partial charge in [0.15, 0.2) is 15.0 Å². The highest BCUT2D eigenvalue weighted by molar-refractivity contribution is 8.16. The standard InChI is InChI=1S/C17H21ClN2O4S2/c1-10(2)6-16(21)19-17-20(12-7-11(18)4-5-14(12)24-3)13-8-26(22,23)9-15(13)25-17/h4-5,7,10,13,15H,6,8-9H2,1-3H3/t13-,15-/m1/s1. The average Bonchev–Trinajstić information content (AvgIpc) is 2.97. The number of amides is 1. The molecule has 1 amide bonds. The van der Waals surface area contributed by atoms with Gasteiger partial charge in [-0.25, -0.2) is 8.42 Å². The molecule has 0 bridgehead atoms. The summed E-state index contributed by atoms with van der Waals surface area (Å²) >= 11 is 7.50. The number of anilines is 1. The highest BCUT2D eigenvalue weighted by Crippen LogP contribution is 2.44. The Morgan fingerprint density at radius 1 is 1.42 bits per heavy atom. The second-order valence-corrected chi connectivity index (χ2v) is 10.7.